The molecular formula is C11H9Br2NS2. The van der Waals surface area contributed by atoms with Crippen molar-refractivity contribution >= 4 is 60.6 Å². The molecule has 0 aliphatic carbocycles. The highest BCUT2D eigenvalue weighted by molar-refractivity contribution is 9.11. The Hall–Kier alpha value is 0.0300. The van der Waals surface area contributed by atoms with Crippen molar-refractivity contribution < 1.29 is 0 Å². The topological polar surface area (TPSA) is 26.0 Å². The molecule has 0 amide bonds. The predicted molar refractivity (Wildman–Crippen MR) is 80.1 cm³/mol. The van der Waals surface area contributed by atoms with Gasteiger partial charge < -0.3 is 5.73 Å². The number of anilines is 1. The van der Waals surface area contributed by atoms with Crippen LogP contribution in [0.4, 0.5) is 5.69 Å². The van der Waals surface area contributed by atoms with Crippen LogP contribution in [0.15, 0.2) is 43.5 Å². The molecule has 0 bridgehead atoms. The lowest BCUT2D eigenvalue weighted by molar-refractivity contribution is 1.39. The second kappa shape index (κ2) is 5.58. The normalized spacial score (nSPS) is 10.6. The molecule has 0 saturated heterocycles. The largest absolute Gasteiger partial charge is 0.399 e. The van der Waals surface area contributed by atoms with Gasteiger partial charge in [0.25, 0.3) is 0 Å². The first-order valence-corrected chi connectivity index (χ1v) is 7.96. The summed E-state index contributed by atoms with van der Waals surface area (Å²) in [7, 11) is 0. The molecule has 16 heavy (non-hydrogen) atoms. The quantitative estimate of drug-likeness (QED) is 0.590. The molecule has 1 aromatic carbocycles. The van der Waals surface area contributed by atoms with Crippen LogP contribution in [0.25, 0.3) is 0 Å². The second-order valence-electron chi connectivity index (χ2n) is 3.18. The van der Waals surface area contributed by atoms with Gasteiger partial charge in [-0.15, -0.1) is 23.1 Å². The number of rotatable bonds is 3. The van der Waals surface area contributed by atoms with Gasteiger partial charge in [0.05, 0.1) is 3.79 Å². The van der Waals surface area contributed by atoms with Crippen molar-refractivity contribution in [1.29, 1.82) is 0 Å². The zero-order valence-electron chi connectivity index (χ0n) is 8.24. The van der Waals surface area contributed by atoms with E-state index < -0.39 is 0 Å². The fourth-order valence-corrected chi connectivity index (χ4v) is 4.40. The molecule has 1 heterocycles. The van der Waals surface area contributed by atoms with E-state index in [2.05, 4.69) is 44.0 Å². The van der Waals surface area contributed by atoms with E-state index in [9.17, 15) is 0 Å². The standard InChI is InChI=1S/C11H9Br2NS2/c12-9-5-7(14)1-3-10(9)15-6-8-2-4-11(13)16-8/h1-5H,6,14H2. The summed E-state index contributed by atoms with van der Waals surface area (Å²) in [5, 5.41) is 0. The highest BCUT2D eigenvalue weighted by atomic mass is 79.9. The number of thioether (sulfide) groups is 1. The molecule has 0 atom stereocenters. The van der Waals surface area contributed by atoms with Gasteiger partial charge in [0.1, 0.15) is 0 Å². The molecule has 0 fully saturated rings. The summed E-state index contributed by atoms with van der Waals surface area (Å²) in [4.78, 5) is 2.58. The third-order valence-electron chi connectivity index (χ3n) is 1.95. The number of nitrogens with two attached hydrogens (primary N) is 1. The van der Waals surface area contributed by atoms with Gasteiger partial charge in [0.15, 0.2) is 0 Å². The summed E-state index contributed by atoms with van der Waals surface area (Å²) in [5.41, 5.74) is 6.48. The molecule has 2 rings (SSSR count). The van der Waals surface area contributed by atoms with Crippen LogP contribution >= 0.6 is 55.0 Å². The van der Waals surface area contributed by atoms with Gasteiger partial charge in [0, 0.05) is 25.7 Å². The van der Waals surface area contributed by atoms with E-state index in [0.717, 1.165) is 15.9 Å². The zero-order valence-corrected chi connectivity index (χ0v) is 13.0. The van der Waals surface area contributed by atoms with Crippen LogP contribution in [0, 0.1) is 0 Å². The van der Waals surface area contributed by atoms with E-state index in [1.807, 2.05) is 30.0 Å². The van der Waals surface area contributed by atoms with Crippen LogP contribution in [0.3, 0.4) is 0 Å². The Morgan fingerprint density at radius 2 is 2.00 bits per heavy atom. The Balaban J connectivity index is 2.04. The molecule has 5 heteroatoms. The van der Waals surface area contributed by atoms with Gasteiger partial charge in [-0.25, -0.2) is 0 Å². The Kier molecular flexibility index (Phi) is 4.35. The van der Waals surface area contributed by atoms with Crippen LogP contribution in [0.2, 0.25) is 0 Å². The lowest BCUT2D eigenvalue weighted by atomic mass is 10.3. The third-order valence-corrected chi connectivity index (χ3v) is 5.80. The first-order valence-electron chi connectivity index (χ1n) is 4.57. The summed E-state index contributed by atoms with van der Waals surface area (Å²) >= 11 is 10.6. The summed E-state index contributed by atoms with van der Waals surface area (Å²) < 4.78 is 2.24. The molecule has 0 unspecified atom stereocenters. The summed E-state index contributed by atoms with van der Waals surface area (Å²) in [6.45, 7) is 0. The van der Waals surface area contributed by atoms with Crippen LogP contribution in [0.1, 0.15) is 4.88 Å². The van der Waals surface area contributed by atoms with Crippen molar-refractivity contribution in [1.82, 2.24) is 0 Å². The molecule has 2 aromatic rings. The van der Waals surface area contributed by atoms with E-state index >= 15 is 0 Å². The van der Waals surface area contributed by atoms with E-state index in [1.165, 1.54) is 13.6 Å². The number of halogens is 2. The lowest BCUT2D eigenvalue weighted by Gasteiger charge is -2.03. The van der Waals surface area contributed by atoms with Crippen molar-refractivity contribution in [3.05, 3.63) is 43.5 Å². The smallest absolute Gasteiger partial charge is 0.0701 e. The minimum atomic E-state index is 0.787. The summed E-state index contributed by atoms with van der Waals surface area (Å²) in [6, 6.07) is 10.1. The highest BCUT2D eigenvalue weighted by Gasteiger charge is 2.03. The average molecular weight is 379 g/mol. The van der Waals surface area contributed by atoms with E-state index in [4.69, 9.17) is 5.73 Å². The first kappa shape index (κ1) is 12.5. The van der Waals surface area contributed by atoms with Crippen molar-refractivity contribution in [2.75, 3.05) is 5.73 Å². The molecule has 0 saturated carbocycles. The fourth-order valence-electron chi connectivity index (χ4n) is 1.21. The third kappa shape index (κ3) is 3.26. The van der Waals surface area contributed by atoms with Crippen molar-refractivity contribution in [3.63, 3.8) is 0 Å². The van der Waals surface area contributed by atoms with E-state index in [-0.39, 0.29) is 0 Å². The summed E-state index contributed by atoms with van der Waals surface area (Å²) in [6.07, 6.45) is 0. The van der Waals surface area contributed by atoms with Gasteiger partial charge in [-0.05, 0) is 62.2 Å². The van der Waals surface area contributed by atoms with Crippen molar-refractivity contribution in [2.24, 2.45) is 0 Å². The maximum absolute atomic E-state index is 5.69. The van der Waals surface area contributed by atoms with Gasteiger partial charge in [-0.1, -0.05) is 0 Å². The number of nitrogen functional groups attached to an aromatic ring is 1. The SMILES string of the molecule is Nc1ccc(SCc2ccc(Br)s2)c(Br)c1. The molecule has 0 aliphatic heterocycles. The van der Waals surface area contributed by atoms with Crippen LogP contribution < -0.4 is 5.73 Å². The Morgan fingerprint density at radius 1 is 1.19 bits per heavy atom. The maximum atomic E-state index is 5.69. The lowest BCUT2D eigenvalue weighted by Crippen LogP contribution is -1.85. The Bertz CT molecular complexity index is 496. The predicted octanol–water partition coefficient (Wildman–Crippen LogP) is 5.15. The number of hydrogen-bond donors (Lipinski definition) is 1. The molecule has 84 valence electrons. The Labute approximate surface area is 120 Å². The number of thiophene rings is 1. The average Bonchev–Trinajstić information content (AvgIpc) is 2.63. The molecule has 0 aliphatic rings. The monoisotopic (exact) mass is 377 g/mol. The highest BCUT2D eigenvalue weighted by Crippen LogP contribution is 2.33. The zero-order chi connectivity index (χ0) is 11.5. The van der Waals surface area contributed by atoms with Crippen LogP contribution in [-0.2, 0) is 5.75 Å². The van der Waals surface area contributed by atoms with Gasteiger partial charge >= 0.3 is 0 Å². The van der Waals surface area contributed by atoms with Gasteiger partial charge in [0.2, 0.25) is 0 Å². The second-order valence-corrected chi connectivity index (χ2v) is 7.60. The Morgan fingerprint density at radius 3 is 2.62 bits per heavy atom. The molecular weight excluding hydrogens is 370 g/mol. The van der Waals surface area contributed by atoms with E-state index in [1.54, 1.807) is 11.3 Å². The van der Waals surface area contributed by atoms with Crippen LogP contribution in [-0.4, -0.2) is 0 Å². The summed E-state index contributed by atoms with van der Waals surface area (Å²) in [5.74, 6) is 0.985. The molecule has 1 aromatic heterocycles. The van der Waals surface area contributed by atoms with Gasteiger partial charge in [-0.2, -0.15) is 0 Å². The first-order chi connectivity index (χ1) is 7.65. The van der Waals surface area contributed by atoms with Crippen molar-refractivity contribution in [3.8, 4) is 0 Å². The molecule has 2 N–H and O–H groups in total. The van der Waals surface area contributed by atoms with E-state index in [0.29, 0.717) is 0 Å². The maximum Gasteiger partial charge on any atom is 0.0701 e. The molecule has 0 radical (unpaired) electrons. The minimum Gasteiger partial charge on any atom is -0.399 e. The number of hydrogen-bond acceptors (Lipinski definition) is 3. The van der Waals surface area contributed by atoms with Gasteiger partial charge in [-0.3, -0.25) is 0 Å². The molecule has 0 spiro atoms. The molecule has 1 nitrogen and oxygen atoms in total. The van der Waals surface area contributed by atoms with Crippen LogP contribution in [0.5, 0.6) is 0 Å². The fraction of sp³-hybridized carbons (Fsp3) is 0.0909. The number of benzene rings is 1. The minimum absolute atomic E-state index is 0.787. The van der Waals surface area contributed by atoms with Crippen molar-refractivity contribution in [2.45, 2.75) is 10.6 Å².